The van der Waals surface area contributed by atoms with Crippen molar-refractivity contribution in [2.24, 2.45) is 5.73 Å². The van der Waals surface area contributed by atoms with Gasteiger partial charge in [0.25, 0.3) is 0 Å². The minimum Gasteiger partial charge on any atom is -0.462 e. The van der Waals surface area contributed by atoms with Gasteiger partial charge in [-0.2, -0.15) is 0 Å². The lowest BCUT2D eigenvalue weighted by molar-refractivity contribution is -0.161. The quantitative estimate of drug-likeness (QED) is 0.0276. The lowest BCUT2D eigenvalue weighted by Gasteiger charge is -2.19. The van der Waals surface area contributed by atoms with Crippen LogP contribution in [-0.2, 0) is 32.7 Å². The SMILES string of the molecule is CC/C=C\C/C=C\C/C=C\C/C=C\CCCCCCCCC(=O)OC(COC(=O)CCCCCCCCCCCCC)COP(=O)(O)OCCN. The van der Waals surface area contributed by atoms with E-state index in [-0.39, 0.29) is 38.6 Å². The van der Waals surface area contributed by atoms with Crippen molar-refractivity contribution in [3.8, 4) is 0 Å². The molecule has 0 aromatic rings. The number of nitrogens with two attached hydrogens (primary N) is 1. The Bertz CT molecular complexity index is 981. The van der Waals surface area contributed by atoms with Crippen LogP contribution >= 0.6 is 7.82 Å². The predicted molar refractivity (Wildman–Crippen MR) is 210 cm³/mol. The van der Waals surface area contributed by atoms with Crippen molar-refractivity contribution in [3.63, 3.8) is 0 Å². The van der Waals surface area contributed by atoms with Gasteiger partial charge in [-0.15, -0.1) is 0 Å². The number of unbranched alkanes of at least 4 members (excludes halogenated alkanes) is 16. The summed E-state index contributed by atoms with van der Waals surface area (Å²) in [5, 5.41) is 0. The van der Waals surface area contributed by atoms with Crippen LogP contribution in [0.1, 0.15) is 168 Å². The molecule has 0 spiro atoms. The first kappa shape index (κ1) is 49.0. The molecular formula is C41H74NO8P. The summed E-state index contributed by atoms with van der Waals surface area (Å²) in [5.74, 6) is -0.847. The van der Waals surface area contributed by atoms with E-state index in [9.17, 15) is 19.0 Å². The van der Waals surface area contributed by atoms with Gasteiger partial charge in [-0.3, -0.25) is 18.6 Å². The fraction of sp³-hybridized carbons (Fsp3) is 0.756. The number of ether oxygens (including phenoxy) is 2. The Labute approximate surface area is 311 Å². The lowest BCUT2D eigenvalue weighted by Crippen LogP contribution is -2.29. The molecule has 0 aromatic heterocycles. The zero-order valence-corrected chi connectivity index (χ0v) is 33.2. The average Bonchev–Trinajstić information content (AvgIpc) is 3.11. The second-order valence-corrected chi connectivity index (χ2v) is 14.6. The second-order valence-electron chi connectivity index (χ2n) is 13.1. The molecule has 51 heavy (non-hydrogen) atoms. The molecule has 0 aliphatic rings. The predicted octanol–water partition coefficient (Wildman–Crippen LogP) is 11.2. The molecule has 0 fully saturated rings. The van der Waals surface area contributed by atoms with Gasteiger partial charge in [-0.05, 0) is 51.4 Å². The van der Waals surface area contributed by atoms with Crippen molar-refractivity contribution in [2.45, 2.75) is 174 Å². The molecule has 0 saturated carbocycles. The van der Waals surface area contributed by atoms with Crippen LogP contribution in [0.15, 0.2) is 48.6 Å². The first-order valence-corrected chi connectivity index (χ1v) is 21.6. The standard InChI is InChI=1S/C41H74NO8P/c1-3-5-7-9-11-13-15-16-17-18-19-20-21-22-24-26-28-30-32-34-41(44)50-39(38-49-51(45,46)48-36-35-42)37-47-40(43)33-31-29-27-25-23-14-12-10-8-6-4-2/h5,7,11,13,16-17,19-20,39H,3-4,6,8-10,12,14-15,18,21-38,42H2,1-2H3,(H,45,46)/b7-5-,13-11-,17-16-,20-19-. The highest BCUT2D eigenvalue weighted by Gasteiger charge is 2.25. The Morgan fingerprint density at radius 1 is 0.608 bits per heavy atom. The number of allylic oxidation sites excluding steroid dienone is 8. The number of rotatable bonds is 37. The van der Waals surface area contributed by atoms with Crippen molar-refractivity contribution in [2.75, 3.05) is 26.4 Å². The first-order valence-electron chi connectivity index (χ1n) is 20.1. The summed E-state index contributed by atoms with van der Waals surface area (Å²) in [6.07, 6.45) is 41.4. The van der Waals surface area contributed by atoms with E-state index in [0.717, 1.165) is 83.5 Å². The minimum absolute atomic E-state index is 0.0499. The van der Waals surface area contributed by atoms with E-state index in [1.54, 1.807) is 0 Å². The fourth-order valence-corrected chi connectivity index (χ4v) is 6.04. The third-order valence-corrected chi connectivity index (χ3v) is 9.21. The molecule has 296 valence electrons. The number of esters is 2. The highest BCUT2D eigenvalue weighted by Crippen LogP contribution is 2.43. The Balaban J connectivity index is 4.20. The summed E-state index contributed by atoms with van der Waals surface area (Å²) in [4.78, 5) is 34.7. The first-order chi connectivity index (χ1) is 24.8. The van der Waals surface area contributed by atoms with Crippen LogP contribution in [0, 0.1) is 0 Å². The second kappa shape index (κ2) is 37.7. The van der Waals surface area contributed by atoms with Crippen LogP contribution in [0.25, 0.3) is 0 Å². The molecule has 0 bridgehead atoms. The fourth-order valence-electron chi connectivity index (χ4n) is 5.27. The molecule has 0 saturated heterocycles. The average molecular weight is 740 g/mol. The summed E-state index contributed by atoms with van der Waals surface area (Å²) in [6, 6.07) is 0. The summed E-state index contributed by atoms with van der Waals surface area (Å²) in [7, 11) is -4.38. The van der Waals surface area contributed by atoms with Crippen molar-refractivity contribution >= 4 is 19.8 Å². The molecule has 0 amide bonds. The largest absolute Gasteiger partial charge is 0.472 e. The maximum absolute atomic E-state index is 12.5. The Hall–Kier alpha value is -2.03. The molecule has 2 unspecified atom stereocenters. The number of phosphoric acid groups is 1. The van der Waals surface area contributed by atoms with Gasteiger partial charge in [-0.1, -0.05) is 152 Å². The van der Waals surface area contributed by atoms with E-state index in [2.05, 4.69) is 62.5 Å². The van der Waals surface area contributed by atoms with Gasteiger partial charge in [0.05, 0.1) is 13.2 Å². The zero-order valence-electron chi connectivity index (χ0n) is 32.3. The number of carbonyl (C=O) groups excluding carboxylic acids is 2. The molecule has 0 heterocycles. The van der Waals surface area contributed by atoms with Gasteiger partial charge in [0.15, 0.2) is 6.10 Å². The van der Waals surface area contributed by atoms with Gasteiger partial charge in [0.1, 0.15) is 6.61 Å². The van der Waals surface area contributed by atoms with Crippen LogP contribution in [0.3, 0.4) is 0 Å². The van der Waals surface area contributed by atoms with Gasteiger partial charge >= 0.3 is 19.8 Å². The van der Waals surface area contributed by atoms with Crippen molar-refractivity contribution in [3.05, 3.63) is 48.6 Å². The lowest BCUT2D eigenvalue weighted by atomic mass is 10.1. The highest BCUT2D eigenvalue weighted by atomic mass is 31.2. The van der Waals surface area contributed by atoms with Crippen LogP contribution in [-0.4, -0.2) is 49.3 Å². The molecule has 0 aliphatic carbocycles. The third kappa shape index (κ3) is 37.5. The van der Waals surface area contributed by atoms with Gasteiger partial charge < -0.3 is 20.1 Å². The molecule has 0 rings (SSSR count). The number of phosphoric ester groups is 1. The summed E-state index contributed by atoms with van der Waals surface area (Å²) in [5.41, 5.74) is 5.33. The smallest absolute Gasteiger partial charge is 0.462 e. The van der Waals surface area contributed by atoms with Crippen molar-refractivity contribution < 1.29 is 37.6 Å². The van der Waals surface area contributed by atoms with Crippen LogP contribution in [0.2, 0.25) is 0 Å². The molecule has 0 aliphatic heterocycles. The number of carbonyl (C=O) groups is 2. The van der Waals surface area contributed by atoms with E-state index < -0.39 is 26.5 Å². The van der Waals surface area contributed by atoms with E-state index in [1.807, 2.05) is 0 Å². The van der Waals surface area contributed by atoms with E-state index in [4.69, 9.17) is 24.3 Å². The maximum Gasteiger partial charge on any atom is 0.472 e. The van der Waals surface area contributed by atoms with Crippen molar-refractivity contribution in [1.29, 1.82) is 0 Å². The van der Waals surface area contributed by atoms with E-state index in [0.29, 0.717) is 6.42 Å². The molecule has 0 aromatic carbocycles. The van der Waals surface area contributed by atoms with Gasteiger partial charge in [0, 0.05) is 19.4 Å². The summed E-state index contributed by atoms with van der Waals surface area (Å²) < 4.78 is 32.7. The third-order valence-electron chi connectivity index (χ3n) is 8.23. The van der Waals surface area contributed by atoms with E-state index in [1.165, 1.54) is 51.4 Å². The van der Waals surface area contributed by atoms with Crippen LogP contribution in [0.5, 0.6) is 0 Å². The molecule has 2 atom stereocenters. The molecule has 10 heteroatoms. The minimum atomic E-state index is -4.38. The molecule has 0 radical (unpaired) electrons. The normalized spacial score (nSPS) is 13.9. The number of hydrogen-bond donors (Lipinski definition) is 2. The Morgan fingerprint density at radius 3 is 1.61 bits per heavy atom. The van der Waals surface area contributed by atoms with Gasteiger partial charge in [-0.25, -0.2) is 4.57 Å². The maximum atomic E-state index is 12.5. The highest BCUT2D eigenvalue weighted by molar-refractivity contribution is 7.47. The summed E-state index contributed by atoms with van der Waals surface area (Å²) in [6.45, 7) is 3.58. The van der Waals surface area contributed by atoms with Gasteiger partial charge in [0.2, 0.25) is 0 Å². The van der Waals surface area contributed by atoms with Crippen LogP contribution < -0.4 is 5.73 Å². The monoisotopic (exact) mass is 740 g/mol. The Morgan fingerprint density at radius 2 is 1.08 bits per heavy atom. The molecule has 3 N–H and O–H groups in total. The summed E-state index contributed by atoms with van der Waals surface area (Å²) >= 11 is 0. The topological polar surface area (TPSA) is 134 Å². The van der Waals surface area contributed by atoms with Crippen molar-refractivity contribution in [1.82, 2.24) is 0 Å². The Kier molecular flexibility index (Phi) is 36.2. The zero-order chi connectivity index (χ0) is 37.5. The van der Waals surface area contributed by atoms with E-state index >= 15 is 0 Å². The molecular weight excluding hydrogens is 665 g/mol. The van der Waals surface area contributed by atoms with Crippen LogP contribution in [0.4, 0.5) is 0 Å². The number of hydrogen-bond acceptors (Lipinski definition) is 8. The molecule has 9 nitrogen and oxygen atoms in total.